The van der Waals surface area contributed by atoms with Crippen LogP contribution in [-0.4, -0.2) is 38.5 Å². The summed E-state index contributed by atoms with van der Waals surface area (Å²) in [5, 5.41) is 0. The van der Waals surface area contributed by atoms with Crippen LogP contribution in [0.5, 0.6) is 0 Å². The Bertz CT molecular complexity index is 1310. The van der Waals surface area contributed by atoms with Gasteiger partial charge in [-0.15, -0.1) is 4.31 Å². The number of esters is 1. The number of hydrogen-bond acceptors (Lipinski definition) is 6. The molecular formula is C26H23NO6S. The lowest BCUT2D eigenvalue weighted by Gasteiger charge is -2.41. The van der Waals surface area contributed by atoms with Gasteiger partial charge < -0.3 is 14.2 Å². The molecule has 1 saturated heterocycles. The molecule has 3 aromatic rings. The normalized spacial score (nSPS) is 25.1. The zero-order valence-corrected chi connectivity index (χ0v) is 19.2. The van der Waals surface area contributed by atoms with Crippen LogP contribution in [0.25, 0.3) is 0 Å². The zero-order chi connectivity index (χ0) is 23.8. The molecule has 2 aliphatic heterocycles. The Balaban J connectivity index is 1.79. The highest BCUT2D eigenvalue weighted by Gasteiger charge is 2.63. The molecule has 1 unspecified atom stereocenters. The molecule has 174 valence electrons. The van der Waals surface area contributed by atoms with E-state index >= 15 is 0 Å². The summed E-state index contributed by atoms with van der Waals surface area (Å²) in [6.45, 7) is 0.0516. The largest absolute Gasteiger partial charge is 0.497 e. The van der Waals surface area contributed by atoms with E-state index in [1.54, 1.807) is 54.6 Å². The van der Waals surface area contributed by atoms with Crippen LogP contribution in [-0.2, 0) is 34.8 Å². The lowest BCUT2D eigenvalue weighted by atomic mass is 9.95. The molecular weight excluding hydrogens is 454 g/mol. The summed E-state index contributed by atoms with van der Waals surface area (Å²) in [5.74, 6) is -0.434. The van der Waals surface area contributed by atoms with Gasteiger partial charge in [0.1, 0.15) is 5.76 Å². The highest BCUT2D eigenvalue weighted by molar-refractivity contribution is 7.89. The van der Waals surface area contributed by atoms with Crippen LogP contribution in [0.15, 0.2) is 108 Å². The number of methoxy groups -OCH3 is 1. The molecule has 0 radical (unpaired) electrons. The second kappa shape index (κ2) is 8.72. The van der Waals surface area contributed by atoms with Crippen LogP contribution >= 0.6 is 0 Å². The summed E-state index contributed by atoms with van der Waals surface area (Å²) in [7, 11) is -2.73. The van der Waals surface area contributed by atoms with E-state index in [1.165, 1.54) is 17.5 Å². The van der Waals surface area contributed by atoms with E-state index < -0.39 is 33.9 Å². The number of sulfonamides is 1. The fourth-order valence-electron chi connectivity index (χ4n) is 4.60. The topological polar surface area (TPSA) is 82.1 Å². The molecule has 2 heterocycles. The fourth-order valence-corrected chi connectivity index (χ4v) is 6.45. The predicted molar refractivity (Wildman–Crippen MR) is 124 cm³/mol. The minimum atomic E-state index is -4.14. The number of cyclic esters (lactones) is 1. The third kappa shape index (κ3) is 3.51. The summed E-state index contributed by atoms with van der Waals surface area (Å²) in [5.41, 5.74) is -0.410. The Labute approximate surface area is 198 Å². The fraction of sp³-hybridized carbons (Fsp3) is 0.192. The smallest absolute Gasteiger partial charge is 0.335 e. The number of carbonyl (C=O) groups excluding carboxylic acids is 1. The third-order valence-corrected chi connectivity index (χ3v) is 8.00. The Hall–Kier alpha value is -3.46. The first-order chi connectivity index (χ1) is 16.5. The van der Waals surface area contributed by atoms with Gasteiger partial charge in [0.2, 0.25) is 21.9 Å². The molecule has 0 saturated carbocycles. The molecule has 0 spiro atoms. The molecule has 34 heavy (non-hydrogen) atoms. The maximum absolute atomic E-state index is 14.3. The first-order valence-electron chi connectivity index (χ1n) is 10.8. The van der Waals surface area contributed by atoms with E-state index in [1.807, 2.05) is 36.4 Å². The van der Waals surface area contributed by atoms with Crippen LogP contribution in [0.4, 0.5) is 0 Å². The van der Waals surface area contributed by atoms with E-state index in [-0.39, 0.29) is 17.3 Å². The summed E-state index contributed by atoms with van der Waals surface area (Å²) in [4.78, 5) is 12.4. The SMILES string of the molecule is COC1=CC(=O)OC1[C@@]1(c2ccccc2)OC[C@@H](c2ccccc2)N1S(=O)(=O)c1ccccc1. The zero-order valence-electron chi connectivity index (χ0n) is 18.4. The molecule has 1 fully saturated rings. The van der Waals surface area contributed by atoms with E-state index in [0.717, 1.165) is 5.56 Å². The van der Waals surface area contributed by atoms with E-state index in [0.29, 0.717) is 5.56 Å². The number of rotatable bonds is 6. The van der Waals surface area contributed by atoms with Gasteiger partial charge in [0.15, 0.2) is 0 Å². The van der Waals surface area contributed by atoms with Crippen LogP contribution in [0, 0.1) is 0 Å². The van der Waals surface area contributed by atoms with Crippen molar-refractivity contribution < 1.29 is 27.4 Å². The molecule has 0 N–H and O–H groups in total. The van der Waals surface area contributed by atoms with Crippen molar-refractivity contribution in [2.75, 3.05) is 13.7 Å². The summed E-state index contributed by atoms with van der Waals surface area (Å²) in [6.07, 6.45) is 0.0848. The molecule has 5 rings (SSSR count). The monoisotopic (exact) mass is 477 g/mol. The lowest BCUT2D eigenvalue weighted by Crippen LogP contribution is -2.55. The predicted octanol–water partition coefficient (Wildman–Crippen LogP) is 3.76. The summed E-state index contributed by atoms with van der Waals surface area (Å²) in [6, 6.07) is 25.7. The minimum absolute atomic E-state index is 0.0516. The number of hydrogen-bond donors (Lipinski definition) is 0. The summed E-state index contributed by atoms with van der Waals surface area (Å²) >= 11 is 0. The van der Waals surface area contributed by atoms with Crippen molar-refractivity contribution in [3.63, 3.8) is 0 Å². The van der Waals surface area contributed by atoms with Gasteiger partial charge in [-0.05, 0) is 17.7 Å². The molecule has 0 amide bonds. The van der Waals surface area contributed by atoms with Gasteiger partial charge in [0.25, 0.3) is 0 Å². The Morgan fingerprint density at radius 2 is 1.50 bits per heavy atom. The van der Waals surface area contributed by atoms with Gasteiger partial charge in [0.05, 0.1) is 30.7 Å². The van der Waals surface area contributed by atoms with Crippen molar-refractivity contribution in [3.05, 3.63) is 114 Å². The number of ether oxygens (including phenoxy) is 3. The van der Waals surface area contributed by atoms with Gasteiger partial charge in [-0.25, -0.2) is 13.2 Å². The van der Waals surface area contributed by atoms with Gasteiger partial charge in [-0.2, -0.15) is 0 Å². The second-order valence-corrected chi connectivity index (χ2v) is 9.80. The molecule has 7 nitrogen and oxygen atoms in total. The first kappa shape index (κ1) is 22.3. The lowest BCUT2D eigenvalue weighted by molar-refractivity contribution is -0.171. The van der Waals surface area contributed by atoms with E-state index in [9.17, 15) is 13.2 Å². The van der Waals surface area contributed by atoms with E-state index in [4.69, 9.17) is 14.2 Å². The number of carbonyl (C=O) groups is 1. The molecule has 3 atom stereocenters. The molecule has 0 bridgehead atoms. The third-order valence-electron chi connectivity index (χ3n) is 6.09. The Morgan fingerprint density at radius 1 is 0.912 bits per heavy atom. The number of nitrogens with zero attached hydrogens (tertiary/aromatic N) is 1. The molecule has 8 heteroatoms. The maximum atomic E-state index is 14.3. The van der Waals surface area contributed by atoms with Crippen LogP contribution in [0.3, 0.4) is 0 Å². The molecule has 2 aliphatic rings. The van der Waals surface area contributed by atoms with Crippen molar-refractivity contribution in [3.8, 4) is 0 Å². The van der Waals surface area contributed by atoms with Crippen molar-refractivity contribution >= 4 is 16.0 Å². The molecule has 0 aliphatic carbocycles. The highest BCUT2D eigenvalue weighted by Crippen LogP contribution is 2.52. The Morgan fingerprint density at radius 3 is 2.12 bits per heavy atom. The maximum Gasteiger partial charge on any atom is 0.335 e. The average Bonchev–Trinajstić information content (AvgIpc) is 3.47. The van der Waals surface area contributed by atoms with E-state index in [2.05, 4.69) is 0 Å². The van der Waals surface area contributed by atoms with Crippen molar-refractivity contribution in [1.82, 2.24) is 4.31 Å². The quantitative estimate of drug-likeness (QED) is 0.503. The van der Waals surface area contributed by atoms with Crippen molar-refractivity contribution in [2.24, 2.45) is 0 Å². The number of benzene rings is 3. The van der Waals surface area contributed by atoms with Crippen LogP contribution < -0.4 is 0 Å². The Kier molecular flexibility index (Phi) is 5.73. The summed E-state index contributed by atoms with van der Waals surface area (Å²) < 4.78 is 47.5. The first-order valence-corrected chi connectivity index (χ1v) is 12.2. The van der Waals surface area contributed by atoms with Gasteiger partial charge >= 0.3 is 5.97 Å². The second-order valence-electron chi connectivity index (χ2n) is 7.98. The standard InChI is InChI=1S/C26H23NO6S/c1-31-23-17-24(28)33-25(23)26(20-13-7-3-8-14-20)27(34(29,30)21-15-9-4-10-16-21)22(18-32-26)19-11-5-2-6-12-19/h2-17,22,25H,18H2,1H3/t22-,25?,26+/m0/s1. The van der Waals surface area contributed by atoms with Crippen molar-refractivity contribution in [2.45, 2.75) is 22.8 Å². The van der Waals surface area contributed by atoms with Crippen LogP contribution in [0.1, 0.15) is 17.2 Å². The van der Waals surface area contributed by atoms with Crippen LogP contribution in [0.2, 0.25) is 0 Å². The molecule has 0 aromatic heterocycles. The highest BCUT2D eigenvalue weighted by atomic mass is 32.2. The molecule has 3 aromatic carbocycles. The minimum Gasteiger partial charge on any atom is -0.497 e. The van der Waals surface area contributed by atoms with Gasteiger partial charge in [-0.3, -0.25) is 0 Å². The van der Waals surface area contributed by atoms with Gasteiger partial charge in [-0.1, -0.05) is 78.9 Å². The average molecular weight is 478 g/mol. The van der Waals surface area contributed by atoms with Gasteiger partial charge in [0, 0.05) is 5.56 Å². The van der Waals surface area contributed by atoms with Crippen molar-refractivity contribution in [1.29, 1.82) is 0 Å².